The number of carbonyl (C=O) groups is 4. The monoisotopic (exact) mass is 357 g/mol. The number of benzene rings is 1. The molecule has 0 aromatic heterocycles. The fraction of sp³-hybridized carbons (Fsp3) is 0.389. The van der Waals surface area contributed by atoms with E-state index in [1.54, 1.807) is 25.1 Å². The zero-order chi connectivity index (χ0) is 18.8. The Labute approximate surface area is 150 Å². The number of fused-ring (bicyclic) bond motifs is 1. The summed E-state index contributed by atoms with van der Waals surface area (Å²) in [5, 5.41) is 9.60. The van der Waals surface area contributed by atoms with Gasteiger partial charge in [-0.15, -0.1) is 0 Å². The molecule has 8 nitrogen and oxygen atoms in total. The highest BCUT2D eigenvalue weighted by atomic mass is 16.5. The number of amides is 3. The predicted octanol–water partition coefficient (Wildman–Crippen LogP) is 0.825. The molecule has 0 radical (unpaired) electrons. The number of rotatable bonds is 6. The lowest BCUT2D eigenvalue weighted by Crippen LogP contribution is -2.52. The fourth-order valence-corrected chi connectivity index (χ4v) is 3.20. The van der Waals surface area contributed by atoms with Crippen molar-refractivity contribution >= 4 is 29.2 Å². The van der Waals surface area contributed by atoms with Crippen LogP contribution in [-0.2, 0) is 20.9 Å². The van der Waals surface area contributed by atoms with Crippen LogP contribution in [-0.4, -0.2) is 46.8 Å². The van der Waals surface area contributed by atoms with Crippen LogP contribution in [0.4, 0.5) is 0 Å². The number of nitrogens with one attached hydrogen (secondary N) is 2. The van der Waals surface area contributed by atoms with Crippen LogP contribution < -0.4 is 10.1 Å². The SMILES string of the molecule is CC(=N)CC(=O)COc1cccc2c1CN(C1CCC(=O)NC1=O)C2=O. The molecule has 2 N–H and O–H groups in total. The standard InChI is InChI=1S/C18H19N3O5/c1-10(19)7-11(22)9-26-15-4-2-3-12-13(15)8-21(18(12)25)14-5-6-16(23)20-17(14)24/h2-4,14,19H,5-9H2,1H3,(H,20,23,24). The highest BCUT2D eigenvalue weighted by Gasteiger charge is 2.40. The Morgan fingerprint density at radius 1 is 1.35 bits per heavy atom. The summed E-state index contributed by atoms with van der Waals surface area (Å²) >= 11 is 0. The third-order valence-electron chi connectivity index (χ3n) is 4.39. The van der Waals surface area contributed by atoms with Crippen molar-refractivity contribution in [1.82, 2.24) is 10.2 Å². The first-order valence-electron chi connectivity index (χ1n) is 8.32. The maximum absolute atomic E-state index is 12.7. The van der Waals surface area contributed by atoms with Crippen molar-refractivity contribution in [3.8, 4) is 5.75 Å². The Kier molecular flexibility index (Phi) is 4.83. The topological polar surface area (TPSA) is 117 Å². The van der Waals surface area contributed by atoms with E-state index >= 15 is 0 Å². The zero-order valence-electron chi connectivity index (χ0n) is 14.3. The van der Waals surface area contributed by atoms with Gasteiger partial charge in [0.05, 0.1) is 6.54 Å². The van der Waals surface area contributed by atoms with E-state index in [1.807, 2.05) is 0 Å². The quantitative estimate of drug-likeness (QED) is 0.578. The number of ether oxygens (including phenoxy) is 1. The van der Waals surface area contributed by atoms with E-state index in [-0.39, 0.29) is 55.7 Å². The van der Waals surface area contributed by atoms with Crippen LogP contribution in [0.2, 0.25) is 0 Å². The Hall–Kier alpha value is -3.03. The minimum atomic E-state index is -0.692. The van der Waals surface area contributed by atoms with Gasteiger partial charge in [0.1, 0.15) is 18.4 Å². The lowest BCUT2D eigenvalue weighted by molar-refractivity contribution is -0.137. The molecule has 1 saturated heterocycles. The molecule has 1 unspecified atom stereocenters. The van der Waals surface area contributed by atoms with Crippen molar-refractivity contribution in [2.24, 2.45) is 0 Å². The lowest BCUT2D eigenvalue weighted by atomic mass is 10.0. The summed E-state index contributed by atoms with van der Waals surface area (Å²) in [5.74, 6) is -0.898. The van der Waals surface area contributed by atoms with Crippen molar-refractivity contribution in [2.75, 3.05) is 6.61 Å². The van der Waals surface area contributed by atoms with E-state index in [0.29, 0.717) is 16.9 Å². The average molecular weight is 357 g/mol. The van der Waals surface area contributed by atoms with Crippen molar-refractivity contribution in [2.45, 2.75) is 38.8 Å². The number of nitrogens with zero attached hydrogens (tertiary/aromatic N) is 1. The van der Waals surface area contributed by atoms with Crippen molar-refractivity contribution in [3.63, 3.8) is 0 Å². The smallest absolute Gasteiger partial charge is 0.255 e. The van der Waals surface area contributed by atoms with Gasteiger partial charge in [0, 0.05) is 29.7 Å². The second-order valence-electron chi connectivity index (χ2n) is 6.47. The van der Waals surface area contributed by atoms with Gasteiger partial charge in [0.2, 0.25) is 11.8 Å². The van der Waals surface area contributed by atoms with Gasteiger partial charge >= 0.3 is 0 Å². The van der Waals surface area contributed by atoms with E-state index in [9.17, 15) is 19.2 Å². The Balaban J connectivity index is 1.75. The van der Waals surface area contributed by atoms with E-state index in [0.717, 1.165) is 0 Å². The van der Waals surface area contributed by atoms with Crippen LogP contribution in [0.3, 0.4) is 0 Å². The highest BCUT2D eigenvalue weighted by molar-refractivity contribution is 6.05. The van der Waals surface area contributed by atoms with Gasteiger partial charge in [0.25, 0.3) is 5.91 Å². The number of Topliss-reactive ketones (excluding diaryl/α,β-unsaturated/α-hetero) is 1. The van der Waals surface area contributed by atoms with Crippen LogP contribution in [0.15, 0.2) is 18.2 Å². The number of carbonyl (C=O) groups excluding carboxylic acids is 4. The van der Waals surface area contributed by atoms with Crippen LogP contribution in [0, 0.1) is 5.41 Å². The summed E-state index contributed by atoms with van der Waals surface area (Å²) < 4.78 is 5.56. The number of piperidine rings is 1. The molecule has 1 aromatic carbocycles. The summed E-state index contributed by atoms with van der Waals surface area (Å²) in [7, 11) is 0. The molecule has 0 bridgehead atoms. The first kappa shape index (κ1) is 17.8. The third-order valence-corrected chi connectivity index (χ3v) is 4.39. The molecule has 3 amide bonds. The largest absolute Gasteiger partial charge is 0.485 e. The minimum Gasteiger partial charge on any atom is -0.485 e. The number of imide groups is 1. The van der Waals surface area contributed by atoms with E-state index in [4.69, 9.17) is 10.1 Å². The first-order chi connectivity index (χ1) is 12.4. The maximum atomic E-state index is 12.7. The third kappa shape index (κ3) is 3.49. The predicted molar refractivity (Wildman–Crippen MR) is 91.0 cm³/mol. The molecule has 2 aliphatic heterocycles. The Morgan fingerprint density at radius 3 is 2.81 bits per heavy atom. The molecule has 1 aromatic rings. The maximum Gasteiger partial charge on any atom is 0.255 e. The molecule has 0 saturated carbocycles. The minimum absolute atomic E-state index is 0.0242. The van der Waals surface area contributed by atoms with Gasteiger partial charge in [-0.25, -0.2) is 0 Å². The van der Waals surface area contributed by atoms with E-state index in [1.165, 1.54) is 4.90 Å². The lowest BCUT2D eigenvalue weighted by Gasteiger charge is -2.29. The van der Waals surface area contributed by atoms with Crippen LogP contribution >= 0.6 is 0 Å². The second kappa shape index (κ2) is 7.07. The van der Waals surface area contributed by atoms with E-state index < -0.39 is 11.9 Å². The number of ketones is 1. The van der Waals surface area contributed by atoms with Gasteiger partial charge in [-0.05, 0) is 25.5 Å². The molecular weight excluding hydrogens is 338 g/mol. The van der Waals surface area contributed by atoms with Gasteiger partial charge in [0.15, 0.2) is 5.78 Å². The molecule has 0 spiro atoms. The van der Waals surface area contributed by atoms with Crippen molar-refractivity contribution in [3.05, 3.63) is 29.3 Å². The fourth-order valence-electron chi connectivity index (χ4n) is 3.20. The van der Waals surface area contributed by atoms with Crippen molar-refractivity contribution in [1.29, 1.82) is 5.41 Å². The summed E-state index contributed by atoms with van der Waals surface area (Å²) in [6, 6.07) is 4.29. The molecule has 26 heavy (non-hydrogen) atoms. The van der Waals surface area contributed by atoms with Gasteiger partial charge in [-0.3, -0.25) is 24.5 Å². The summed E-state index contributed by atoms with van der Waals surface area (Å²) in [6.45, 7) is 1.56. The summed E-state index contributed by atoms with van der Waals surface area (Å²) in [4.78, 5) is 49.2. The van der Waals surface area contributed by atoms with E-state index in [2.05, 4.69) is 5.32 Å². The molecule has 3 rings (SSSR count). The molecule has 2 heterocycles. The number of hydrogen-bond acceptors (Lipinski definition) is 6. The van der Waals surface area contributed by atoms with Crippen LogP contribution in [0.1, 0.15) is 42.1 Å². The Bertz CT molecular complexity index is 817. The van der Waals surface area contributed by atoms with Gasteiger partial charge in [-0.2, -0.15) is 0 Å². The van der Waals surface area contributed by atoms with Crippen LogP contribution in [0.25, 0.3) is 0 Å². The summed E-state index contributed by atoms with van der Waals surface area (Å²) in [5.41, 5.74) is 1.32. The zero-order valence-corrected chi connectivity index (χ0v) is 14.3. The van der Waals surface area contributed by atoms with Crippen molar-refractivity contribution < 1.29 is 23.9 Å². The average Bonchev–Trinajstić information content (AvgIpc) is 2.90. The van der Waals surface area contributed by atoms with Gasteiger partial charge < -0.3 is 15.0 Å². The van der Waals surface area contributed by atoms with Gasteiger partial charge in [-0.1, -0.05) is 6.07 Å². The normalized spacial score (nSPS) is 19.2. The Morgan fingerprint density at radius 2 is 2.12 bits per heavy atom. The molecule has 8 heteroatoms. The molecule has 2 aliphatic rings. The second-order valence-corrected chi connectivity index (χ2v) is 6.47. The molecule has 1 fully saturated rings. The summed E-state index contributed by atoms with van der Waals surface area (Å²) in [6.07, 6.45) is 0.505. The molecule has 0 aliphatic carbocycles. The number of hydrogen-bond donors (Lipinski definition) is 2. The molecule has 1 atom stereocenters. The van der Waals surface area contributed by atoms with Crippen LogP contribution in [0.5, 0.6) is 5.75 Å². The highest BCUT2D eigenvalue weighted by Crippen LogP contribution is 2.33. The first-order valence-corrected chi connectivity index (χ1v) is 8.32. The molecular formula is C18H19N3O5. The molecule has 136 valence electrons.